The summed E-state index contributed by atoms with van der Waals surface area (Å²) >= 11 is 1.21. The van der Waals surface area contributed by atoms with Crippen LogP contribution in [0.2, 0.25) is 0 Å². The highest BCUT2D eigenvalue weighted by molar-refractivity contribution is 7.08. The van der Waals surface area contributed by atoms with Crippen molar-refractivity contribution < 1.29 is 19.4 Å². The lowest BCUT2D eigenvalue weighted by atomic mass is 10.1. The van der Waals surface area contributed by atoms with Crippen molar-refractivity contribution in [2.75, 3.05) is 11.9 Å². The topological polar surface area (TPSA) is 88.5 Å². The second-order valence-electron chi connectivity index (χ2n) is 5.11. The molecular weight excluding hydrogens is 340 g/mol. The number of pyridine rings is 1. The normalized spacial score (nSPS) is 10.2. The molecule has 0 unspecified atom stereocenters. The van der Waals surface area contributed by atoms with Crippen molar-refractivity contribution in [1.82, 2.24) is 4.98 Å². The number of hydrogen-bond donors (Lipinski definition) is 2. The largest absolute Gasteiger partial charge is 0.484 e. The zero-order valence-corrected chi connectivity index (χ0v) is 13.8. The van der Waals surface area contributed by atoms with E-state index in [9.17, 15) is 9.59 Å². The molecule has 2 N–H and O–H groups in total. The number of aromatic carboxylic acids is 1. The third-order valence-electron chi connectivity index (χ3n) is 3.39. The Morgan fingerprint density at radius 1 is 1.12 bits per heavy atom. The van der Waals surface area contributed by atoms with Crippen molar-refractivity contribution >= 4 is 28.9 Å². The summed E-state index contributed by atoms with van der Waals surface area (Å²) in [6, 6.07) is 11.1. The van der Waals surface area contributed by atoms with Gasteiger partial charge in [-0.05, 0) is 29.3 Å². The monoisotopic (exact) mass is 354 g/mol. The molecule has 7 heteroatoms. The first-order chi connectivity index (χ1) is 12.1. The van der Waals surface area contributed by atoms with E-state index in [1.54, 1.807) is 29.9 Å². The SMILES string of the molecule is O=C(COc1ccc(-c2cccnc2)cc1)Nc1cscc1C(=O)O. The molecule has 2 aromatic heterocycles. The molecule has 0 aliphatic rings. The fourth-order valence-corrected chi connectivity index (χ4v) is 2.93. The lowest BCUT2D eigenvalue weighted by Gasteiger charge is -2.08. The van der Waals surface area contributed by atoms with Crippen LogP contribution >= 0.6 is 11.3 Å². The average Bonchev–Trinajstić information content (AvgIpc) is 3.09. The van der Waals surface area contributed by atoms with Gasteiger partial charge in [0.1, 0.15) is 5.75 Å². The zero-order valence-electron chi connectivity index (χ0n) is 13.0. The van der Waals surface area contributed by atoms with Gasteiger partial charge in [-0.25, -0.2) is 4.79 Å². The summed E-state index contributed by atoms with van der Waals surface area (Å²) in [6.45, 7) is -0.207. The number of carbonyl (C=O) groups is 2. The molecule has 0 radical (unpaired) electrons. The quantitative estimate of drug-likeness (QED) is 0.707. The lowest BCUT2D eigenvalue weighted by molar-refractivity contribution is -0.118. The second kappa shape index (κ2) is 7.59. The number of carboxylic acid groups (broad SMARTS) is 1. The van der Waals surface area contributed by atoms with E-state index in [-0.39, 0.29) is 17.9 Å². The third-order valence-corrected chi connectivity index (χ3v) is 4.13. The standard InChI is InChI=1S/C18H14N2O4S/c21-17(20-16-11-25-10-15(16)18(22)23)9-24-14-5-3-12(4-6-14)13-2-1-7-19-8-13/h1-8,10-11H,9H2,(H,20,21)(H,22,23). The minimum Gasteiger partial charge on any atom is -0.484 e. The van der Waals surface area contributed by atoms with Crippen LogP contribution in [0.25, 0.3) is 11.1 Å². The van der Waals surface area contributed by atoms with E-state index in [0.717, 1.165) is 11.1 Å². The van der Waals surface area contributed by atoms with Crippen molar-refractivity contribution in [2.24, 2.45) is 0 Å². The highest BCUT2D eigenvalue weighted by Gasteiger charge is 2.13. The van der Waals surface area contributed by atoms with Gasteiger partial charge in [0, 0.05) is 23.2 Å². The van der Waals surface area contributed by atoms with Gasteiger partial charge >= 0.3 is 5.97 Å². The summed E-state index contributed by atoms with van der Waals surface area (Å²) in [5.74, 6) is -0.952. The molecule has 0 spiro atoms. The van der Waals surface area contributed by atoms with E-state index < -0.39 is 11.9 Å². The minimum absolute atomic E-state index is 0.0687. The first-order valence-electron chi connectivity index (χ1n) is 7.36. The molecule has 0 fully saturated rings. The van der Waals surface area contributed by atoms with Crippen LogP contribution in [-0.2, 0) is 4.79 Å². The van der Waals surface area contributed by atoms with E-state index in [1.807, 2.05) is 24.3 Å². The Kier molecular flexibility index (Phi) is 5.06. The highest BCUT2D eigenvalue weighted by Crippen LogP contribution is 2.22. The van der Waals surface area contributed by atoms with Crippen molar-refractivity contribution in [1.29, 1.82) is 0 Å². The Morgan fingerprint density at radius 3 is 2.60 bits per heavy atom. The van der Waals surface area contributed by atoms with Crippen LogP contribution in [0.3, 0.4) is 0 Å². The first kappa shape index (κ1) is 16.7. The summed E-state index contributed by atoms with van der Waals surface area (Å²) < 4.78 is 5.44. The van der Waals surface area contributed by atoms with Crippen LogP contribution in [0.15, 0.2) is 59.6 Å². The van der Waals surface area contributed by atoms with Crippen LogP contribution in [0.4, 0.5) is 5.69 Å². The Hall–Kier alpha value is -3.19. The lowest BCUT2D eigenvalue weighted by Crippen LogP contribution is -2.21. The van der Waals surface area contributed by atoms with Gasteiger partial charge in [0.25, 0.3) is 5.91 Å². The van der Waals surface area contributed by atoms with Gasteiger partial charge in [-0.1, -0.05) is 18.2 Å². The van der Waals surface area contributed by atoms with Crippen molar-refractivity contribution in [3.05, 3.63) is 65.1 Å². The number of carboxylic acids is 1. The predicted octanol–water partition coefficient (Wildman–Crippen LogP) is 3.53. The van der Waals surface area contributed by atoms with Gasteiger partial charge in [0.2, 0.25) is 0 Å². The van der Waals surface area contributed by atoms with Crippen molar-refractivity contribution in [2.45, 2.75) is 0 Å². The Bertz CT molecular complexity index is 876. The summed E-state index contributed by atoms with van der Waals surface area (Å²) in [7, 11) is 0. The second-order valence-corrected chi connectivity index (χ2v) is 5.85. The molecule has 0 aliphatic heterocycles. The van der Waals surface area contributed by atoms with E-state index in [2.05, 4.69) is 10.3 Å². The van der Waals surface area contributed by atoms with Crippen molar-refractivity contribution in [3.8, 4) is 16.9 Å². The summed E-state index contributed by atoms with van der Waals surface area (Å²) in [5.41, 5.74) is 2.33. The van der Waals surface area contributed by atoms with E-state index in [4.69, 9.17) is 9.84 Å². The highest BCUT2D eigenvalue weighted by atomic mass is 32.1. The number of carbonyl (C=O) groups excluding carboxylic acids is 1. The van der Waals surface area contributed by atoms with E-state index in [0.29, 0.717) is 5.75 Å². The van der Waals surface area contributed by atoms with Gasteiger partial charge in [-0.2, -0.15) is 0 Å². The van der Waals surface area contributed by atoms with Gasteiger partial charge in [0.05, 0.1) is 11.3 Å². The molecule has 0 aliphatic carbocycles. The zero-order chi connectivity index (χ0) is 17.6. The number of benzene rings is 1. The maximum absolute atomic E-state index is 11.9. The molecule has 3 aromatic rings. The minimum atomic E-state index is -1.08. The maximum atomic E-state index is 11.9. The summed E-state index contributed by atoms with van der Waals surface area (Å²) in [5, 5.41) is 14.6. The number of anilines is 1. The number of nitrogens with zero attached hydrogens (tertiary/aromatic N) is 1. The van der Waals surface area contributed by atoms with Gasteiger partial charge in [-0.3, -0.25) is 9.78 Å². The molecule has 0 saturated heterocycles. The molecule has 1 aromatic carbocycles. The molecule has 0 bridgehead atoms. The van der Waals surface area contributed by atoms with E-state index >= 15 is 0 Å². The van der Waals surface area contributed by atoms with Crippen LogP contribution in [0.1, 0.15) is 10.4 Å². The van der Waals surface area contributed by atoms with Crippen LogP contribution in [0, 0.1) is 0 Å². The number of nitrogens with one attached hydrogen (secondary N) is 1. The molecule has 126 valence electrons. The maximum Gasteiger partial charge on any atom is 0.338 e. The van der Waals surface area contributed by atoms with Crippen LogP contribution in [-0.4, -0.2) is 28.6 Å². The molecule has 6 nitrogen and oxygen atoms in total. The van der Waals surface area contributed by atoms with Gasteiger partial charge in [-0.15, -0.1) is 11.3 Å². The number of rotatable bonds is 6. The molecule has 2 heterocycles. The number of ether oxygens (including phenoxy) is 1. The smallest absolute Gasteiger partial charge is 0.338 e. The van der Waals surface area contributed by atoms with Gasteiger partial charge < -0.3 is 15.2 Å². The Balaban J connectivity index is 1.57. The van der Waals surface area contributed by atoms with Crippen LogP contribution < -0.4 is 10.1 Å². The summed E-state index contributed by atoms with van der Waals surface area (Å²) in [6.07, 6.45) is 3.48. The van der Waals surface area contributed by atoms with Crippen LogP contribution in [0.5, 0.6) is 5.75 Å². The molecular formula is C18H14N2O4S. The number of aromatic nitrogens is 1. The third kappa shape index (κ3) is 4.21. The average molecular weight is 354 g/mol. The molecule has 1 amide bonds. The van der Waals surface area contributed by atoms with Gasteiger partial charge in [0.15, 0.2) is 6.61 Å². The molecule has 0 atom stereocenters. The molecule has 0 saturated carbocycles. The number of amides is 1. The van der Waals surface area contributed by atoms with Crippen molar-refractivity contribution in [3.63, 3.8) is 0 Å². The number of thiophene rings is 1. The first-order valence-corrected chi connectivity index (χ1v) is 8.30. The fourth-order valence-electron chi connectivity index (χ4n) is 2.17. The fraction of sp³-hybridized carbons (Fsp3) is 0.0556. The summed E-state index contributed by atoms with van der Waals surface area (Å²) in [4.78, 5) is 27.0. The molecule has 3 rings (SSSR count). The number of hydrogen-bond acceptors (Lipinski definition) is 5. The van der Waals surface area contributed by atoms with E-state index in [1.165, 1.54) is 16.7 Å². The Morgan fingerprint density at radius 2 is 1.92 bits per heavy atom. The Labute approximate surface area is 147 Å². The predicted molar refractivity (Wildman–Crippen MR) is 95.1 cm³/mol. The molecule has 25 heavy (non-hydrogen) atoms.